The van der Waals surface area contributed by atoms with Crippen LogP contribution in [0.5, 0.6) is 5.75 Å². The van der Waals surface area contributed by atoms with Crippen LogP contribution in [-0.4, -0.2) is 16.5 Å². The molecule has 0 aliphatic heterocycles. The van der Waals surface area contributed by atoms with Crippen LogP contribution in [-0.2, 0) is 0 Å². The van der Waals surface area contributed by atoms with Gasteiger partial charge in [0.1, 0.15) is 5.75 Å². The van der Waals surface area contributed by atoms with Gasteiger partial charge in [-0.05, 0) is 24.3 Å². The summed E-state index contributed by atoms with van der Waals surface area (Å²) in [5.74, 6) is 2.98. The predicted octanol–water partition coefficient (Wildman–Crippen LogP) is 2.97. The molecular formula is C8H7F3OS. The molecule has 0 spiro atoms. The van der Waals surface area contributed by atoms with E-state index in [0.717, 1.165) is 0 Å². The van der Waals surface area contributed by atoms with Crippen molar-refractivity contribution in [3.05, 3.63) is 24.3 Å². The van der Waals surface area contributed by atoms with Crippen LogP contribution >= 0.6 is 10.5 Å². The summed E-state index contributed by atoms with van der Waals surface area (Å²) in [5, 5.41) is 8.84. The van der Waals surface area contributed by atoms with E-state index in [1.165, 1.54) is 24.3 Å². The summed E-state index contributed by atoms with van der Waals surface area (Å²) in [5.41, 5.74) is -4.31. The molecule has 0 aliphatic rings. The van der Waals surface area contributed by atoms with Gasteiger partial charge < -0.3 is 5.11 Å². The standard InChI is InChI=1S/C8H7F3OS/c1-13(8(9,10)11)7-4-2-6(12)3-5-7/h2-5,12H,1H2. The first-order valence-electron chi connectivity index (χ1n) is 3.31. The van der Waals surface area contributed by atoms with E-state index in [1.807, 2.05) is 0 Å². The van der Waals surface area contributed by atoms with Gasteiger partial charge in [-0.15, -0.1) is 0 Å². The molecule has 1 unspecified atom stereocenters. The lowest BCUT2D eigenvalue weighted by Gasteiger charge is -2.10. The average molecular weight is 208 g/mol. The number of halogens is 3. The SMILES string of the molecule is C=S(c1ccc(O)cc1)C(F)(F)F. The minimum atomic E-state index is -4.31. The van der Waals surface area contributed by atoms with Crippen molar-refractivity contribution < 1.29 is 18.3 Å². The molecule has 1 aromatic rings. The maximum atomic E-state index is 12.1. The zero-order valence-electron chi connectivity index (χ0n) is 6.51. The van der Waals surface area contributed by atoms with Crippen LogP contribution in [0.4, 0.5) is 13.2 Å². The van der Waals surface area contributed by atoms with Gasteiger partial charge in [0.05, 0.1) is 0 Å². The van der Waals surface area contributed by atoms with E-state index in [1.54, 1.807) is 0 Å². The topological polar surface area (TPSA) is 20.2 Å². The normalized spacial score (nSPS) is 14.1. The van der Waals surface area contributed by atoms with Crippen molar-refractivity contribution in [2.45, 2.75) is 10.4 Å². The smallest absolute Gasteiger partial charge is 0.440 e. The van der Waals surface area contributed by atoms with E-state index in [9.17, 15) is 13.2 Å². The Morgan fingerprint density at radius 1 is 1.15 bits per heavy atom. The van der Waals surface area contributed by atoms with Crippen molar-refractivity contribution in [3.8, 4) is 5.75 Å². The number of phenols is 1. The van der Waals surface area contributed by atoms with Gasteiger partial charge in [0.25, 0.3) is 0 Å². The molecule has 1 aromatic carbocycles. The lowest BCUT2D eigenvalue weighted by Crippen LogP contribution is -2.02. The Kier molecular flexibility index (Phi) is 2.66. The van der Waals surface area contributed by atoms with Gasteiger partial charge >= 0.3 is 5.51 Å². The van der Waals surface area contributed by atoms with E-state index >= 15 is 0 Å². The van der Waals surface area contributed by atoms with E-state index in [2.05, 4.69) is 5.87 Å². The number of benzene rings is 1. The number of aromatic hydroxyl groups is 1. The molecule has 5 heteroatoms. The highest BCUT2D eigenvalue weighted by atomic mass is 32.2. The summed E-state index contributed by atoms with van der Waals surface area (Å²) < 4.78 is 36.4. The van der Waals surface area contributed by atoms with Crippen LogP contribution in [0.2, 0.25) is 0 Å². The molecule has 0 saturated carbocycles. The largest absolute Gasteiger partial charge is 0.508 e. The summed E-state index contributed by atoms with van der Waals surface area (Å²) in [6.07, 6.45) is 0. The van der Waals surface area contributed by atoms with Gasteiger partial charge in [-0.3, -0.25) is 0 Å². The molecule has 1 atom stereocenters. The molecule has 13 heavy (non-hydrogen) atoms. The van der Waals surface area contributed by atoms with Gasteiger partial charge in [-0.2, -0.15) is 13.2 Å². The maximum absolute atomic E-state index is 12.1. The van der Waals surface area contributed by atoms with Crippen LogP contribution in [0.25, 0.3) is 0 Å². The summed E-state index contributed by atoms with van der Waals surface area (Å²) in [6.45, 7) is 0. The Bertz CT molecular complexity index is 315. The molecule has 0 fully saturated rings. The van der Waals surface area contributed by atoms with E-state index in [4.69, 9.17) is 5.11 Å². The molecular weight excluding hydrogens is 201 g/mol. The monoisotopic (exact) mass is 208 g/mol. The molecule has 0 aliphatic carbocycles. The average Bonchev–Trinajstić information content (AvgIpc) is 2.03. The van der Waals surface area contributed by atoms with E-state index in [0.29, 0.717) is 0 Å². The Balaban J connectivity index is 2.97. The van der Waals surface area contributed by atoms with Crippen LogP contribution in [0.1, 0.15) is 0 Å². The lowest BCUT2D eigenvalue weighted by atomic mass is 10.3. The highest BCUT2D eigenvalue weighted by Crippen LogP contribution is 2.42. The van der Waals surface area contributed by atoms with Gasteiger partial charge in [0.2, 0.25) is 0 Å². The van der Waals surface area contributed by atoms with Crippen LogP contribution in [0.15, 0.2) is 29.2 Å². The number of hydrogen-bond donors (Lipinski definition) is 1. The van der Waals surface area contributed by atoms with Crippen molar-refractivity contribution in [1.82, 2.24) is 0 Å². The number of phenolic OH excluding ortho intramolecular Hbond substituents is 1. The van der Waals surface area contributed by atoms with Crippen molar-refractivity contribution in [2.75, 3.05) is 0 Å². The summed E-state index contributed by atoms with van der Waals surface area (Å²) in [6, 6.07) is 4.87. The molecule has 72 valence electrons. The third kappa shape index (κ3) is 2.48. The highest BCUT2D eigenvalue weighted by molar-refractivity contribution is 8.14. The van der Waals surface area contributed by atoms with Crippen molar-refractivity contribution in [1.29, 1.82) is 0 Å². The number of rotatable bonds is 1. The van der Waals surface area contributed by atoms with Gasteiger partial charge in [-0.1, -0.05) is 16.4 Å². The Morgan fingerprint density at radius 3 is 2.00 bits per heavy atom. The second kappa shape index (κ2) is 3.41. The fourth-order valence-electron chi connectivity index (χ4n) is 0.744. The third-order valence-electron chi connectivity index (χ3n) is 1.40. The molecule has 0 aromatic heterocycles. The molecule has 0 heterocycles. The first-order chi connectivity index (χ1) is 5.91. The second-order valence-electron chi connectivity index (χ2n) is 2.33. The highest BCUT2D eigenvalue weighted by Gasteiger charge is 2.31. The molecule has 0 bridgehead atoms. The van der Waals surface area contributed by atoms with Crippen LogP contribution in [0.3, 0.4) is 0 Å². The van der Waals surface area contributed by atoms with Gasteiger partial charge in [0.15, 0.2) is 0 Å². The van der Waals surface area contributed by atoms with Crippen molar-refractivity contribution >= 4 is 16.4 Å². The van der Waals surface area contributed by atoms with Crippen LogP contribution in [0, 0.1) is 0 Å². The van der Waals surface area contributed by atoms with Crippen molar-refractivity contribution in [3.63, 3.8) is 0 Å². The first-order valence-corrected chi connectivity index (χ1v) is 4.70. The Morgan fingerprint density at radius 2 is 1.62 bits per heavy atom. The van der Waals surface area contributed by atoms with Gasteiger partial charge in [-0.25, -0.2) is 0 Å². The molecule has 0 radical (unpaired) electrons. The fraction of sp³-hybridized carbons (Fsp3) is 0.125. The molecule has 1 N–H and O–H groups in total. The van der Waals surface area contributed by atoms with E-state index < -0.39 is 16.0 Å². The quantitative estimate of drug-likeness (QED) is 0.703. The summed E-state index contributed by atoms with van der Waals surface area (Å²) in [4.78, 5) is 0.0744. The third-order valence-corrected chi connectivity index (χ3v) is 2.80. The fourth-order valence-corrected chi connectivity index (χ4v) is 1.48. The lowest BCUT2D eigenvalue weighted by molar-refractivity contribution is -0.0334. The number of alkyl halides is 3. The molecule has 1 rings (SSSR count). The minimum absolute atomic E-state index is 0.0528. The van der Waals surface area contributed by atoms with E-state index in [-0.39, 0.29) is 10.6 Å². The molecule has 0 amide bonds. The zero-order valence-corrected chi connectivity index (χ0v) is 7.32. The number of hydrogen-bond acceptors (Lipinski definition) is 1. The van der Waals surface area contributed by atoms with Crippen LogP contribution < -0.4 is 0 Å². The maximum Gasteiger partial charge on any atom is 0.440 e. The Labute approximate surface area is 75.7 Å². The van der Waals surface area contributed by atoms with Gasteiger partial charge in [0, 0.05) is 4.90 Å². The summed E-state index contributed by atoms with van der Waals surface area (Å²) in [7, 11) is -2.02. The predicted molar refractivity (Wildman–Crippen MR) is 47.1 cm³/mol. The second-order valence-corrected chi connectivity index (χ2v) is 4.05. The first kappa shape index (κ1) is 10.1. The zero-order chi connectivity index (χ0) is 10.1. The molecule has 1 nitrogen and oxygen atoms in total. The minimum Gasteiger partial charge on any atom is -0.508 e. The summed E-state index contributed by atoms with van der Waals surface area (Å²) >= 11 is 0. The van der Waals surface area contributed by atoms with Crippen molar-refractivity contribution in [2.24, 2.45) is 0 Å². The molecule has 0 saturated heterocycles. The Hall–Kier alpha value is -0.970.